The summed E-state index contributed by atoms with van der Waals surface area (Å²) in [6.07, 6.45) is 4.44. The van der Waals surface area contributed by atoms with Crippen molar-refractivity contribution >= 4 is 0 Å². The molecule has 1 fully saturated rings. The average Bonchev–Trinajstić information content (AvgIpc) is 2.65. The minimum absolute atomic E-state index is 0.578. The Morgan fingerprint density at radius 1 is 1.67 bits per heavy atom. The molecule has 4 heteroatoms. The molecule has 1 atom stereocenters. The summed E-state index contributed by atoms with van der Waals surface area (Å²) in [4.78, 5) is 0. The smallest absolute Gasteiger partial charge is 0.0827 e. The molecule has 0 radical (unpaired) electrons. The number of nitrogens with zero attached hydrogens (tertiary/aromatic N) is 2. The van der Waals surface area contributed by atoms with Gasteiger partial charge in [0, 0.05) is 31.4 Å². The third-order valence-corrected chi connectivity index (χ3v) is 3.06. The van der Waals surface area contributed by atoms with Gasteiger partial charge in [0.25, 0.3) is 0 Å². The molecule has 0 spiro atoms. The molecular formula is C11H19N3O. The van der Waals surface area contributed by atoms with E-state index in [0.29, 0.717) is 13.0 Å². The summed E-state index contributed by atoms with van der Waals surface area (Å²) in [6.45, 7) is 4.66. The first-order valence-corrected chi connectivity index (χ1v) is 5.67. The van der Waals surface area contributed by atoms with Crippen molar-refractivity contribution in [2.75, 3.05) is 13.1 Å². The lowest BCUT2D eigenvalue weighted by Gasteiger charge is -2.32. The Kier molecular flexibility index (Phi) is 3.07. The van der Waals surface area contributed by atoms with Crippen LogP contribution in [-0.4, -0.2) is 33.6 Å². The molecule has 1 aromatic rings. The van der Waals surface area contributed by atoms with E-state index >= 15 is 0 Å². The van der Waals surface area contributed by atoms with Gasteiger partial charge in [-0.25, -0.2) is 0 Å². The molecule has 0 amide bonds. The minimum Gasteiger partial charge on any atom is -0.388 e. The summed E-state index contributed by atoms with van der Waals surface area (Å²) in [5.74, 6) is 0. The first-order valence-electron chi connectivity index (χ1n) is 5.67. The van der Waals surface area contributed by atoms with E-state index in [9.17, 15) is 5.11 Å². The maximum Gasteiger partial charge on any atom is 0.0827 e. The third kappa shape index (κ3) is 2.38. The van der Waals surface area contributed by atoms with Gasteiger partial charge < -0.3 is 10.4 Å². The Bertz CT molecular complexity index is 315. The van der Waals surface area contributed by atoms with Crippen molar-refractivity contribution in [2.24, 2.45) is 0 Å². The van der Waals surface area contributed by atoms with Gasteiger partial charge in [0.15, 0.2) is 0 Å². The molecule has 0 aliphatic carbocycles. The molecular weight excluding hydrogens is 190 g/mol. The molecule has 1 aliphatic heterocycles. The lowest BCUT2D eigenvalue weighted by atomic mass is 9.89. The molecule has 1 unspecified atom stereocenters. The van der Waals surface area contributed by atoms with Crippen LogP contribution in [0.15, 0.2) is 12.3 Å². The lowest BCUT2D eigenvalue weighted by Crippen LogP contribution is -2.47. The van der Waals surface area contributed by atoms with Crippen LogP contribution in [0.4, 0.5) is 0 Å². The zero-order chi connectivity index (χ0) is 10.7. The first-order chi connectivity index (χ1) is 7.23. The fourth-order valence-corrected chi connectivity index (χ4v) is 2.23. The van der Waals surface area contributed by atoms with E-state index in [1.54, 1.807) is 6.20 Å². The Balaban J connectivity index is 2.06. The monoisotopic (exact) mass is 209 g/mol. The standard InChI is InChI=1S/C11H19N3O/c1-2-14-10(4-7-13-14)8-11(15)5-3-6-12-9-11/h4,7,12,15H,2-3,5-6,8-9H2,1H3. The van der Waals surface area contributed by atoms with E-state index < -0.39 is 5.60 Å². The van der Waals surface area contributed by atoms with E-state index in [0.717, 1.165) is 31.6 Å². The van der Waals surface area contributed by atoms with Crippen LogP contribution in [0, 0.1) is 0 Å². The summed E-state index contributed by atoms with van der Waals surface area (Å²) in [5.41, 5.74) is 0.550. The second-order valence-corrected chi connectivity index (χ2v) is 4.32. The van der Waals surface area contributed by atoms with E-state index in [-0.39, 0.29) is 0 Å². The van der Waals surface area contributed by atoms with Crippen molar-refractivity contribution in [1.82, 2.24) is 15.1 Å². The normalized spacial score (nSPS) is 26.8. The maximum absolute atomic E-state index is 10.4. The van der Waals surface area contributed by atoms with Crippen molar-refractivity contribution in [3.8, 4) is 0 Å². The number of nitrogens with one attached hydrogen (secondary N) is 1. The molecule has 4 nitrogen and oxygen atoms in total. The highest BCUT2D eigenvalue weighted by Crippen LogP contribution is 2.21. The average molecular weight is 209 g/mol. The van der Waals surface area contributed by atoms with E-state index in [2.05, 4.69) is 17.3 Å². The lowest BCUT2D eigenvalue weighted by molar-refractivity contribution is 0.0152. The number of hydrogen-bond acceptors (Lipinski definition) is 3. The van der Waals surface area contributed by atoms with Gasteiger partial charge in [0.05, 0.1) is 5.60 Å². The molecule has 84 valence electrons. The van der Waals surface area contributed by atoms with Gasteiger partial charge in [0.1, 0.15) is 0 Å². The number of β-amino-alcohol motifs (C(OH)–C–C–N with tert-alkyl or cyclic N) is 1. The highest BCUT2D eigenvalue weighted by Gasteiger charge is 2.30. The van der Waals surface area contributed by atoms with Gasteiger partial charge in [-0.2, -0.15) is 5.10 Å². The number of rotatable bonds is 3. The molecule has 1 saturated heterocycles. The molecule has 15 heavy (non-hydrogen) atoms. The van der Waals surface area contributed by atoms with Gasteiger partial charge in [-0.15, -0.1) is 0 Å². The zero-order valence-corrected chi connectivity index (χ0v) is 9.24. The second-order valence-electron chi connectivity index (χ2n) is 4.32. The molecule has 2 N–H and O–H groups in total. The number of aryl methyl sites for hydroxylation is 1. The zero-order valence-electron chi connectivity index (χ0n) is 9.24. The SMILES string of the molecule is CCn1nccc1CC1(O)CCCNC1. The predicted molar refractivity (Wildman–Crippen MR) is 58.7 cm³/mol. The largest absolute Gasteiger partial charge is 0.388 e. The Morgan fingerprint density at radius 3 is 3.20 bits per heavy atom. The number of hydrogen-bond donors (Lipinski definition) is 2. The van der Waals surface area contributed by atoms with E-state index in [1.807, 2.05) is 10.7 Å². The fourth-order valence-electron chi connectivity index (χ4n) is 2.23. The first kappa shape index (κ1) is 10.6. The quantitative estimate of drug-likeness (QED) is 0.765. The Labute approximate surface area is 90.3 Å². The topological polar surface area (TPSA) is 50.1 Å². The summed E-state index contributed by atoms with van der Waals surface area (Å²) in [7, 11) is 0. The maximum atomic E-state index is 10.4. The minimum atomic E-state index is -0.578. The molecule has 2 heterocycles. The van der Waals surface area contributed by atoms with Crippen LogP contribution in [0.25, 0.3) is 0 Å². The van der Waals surface area contributed by atoms with Crippen LogP contribution in [0.5, 0.6) is 0 Å². The molecule has 0 aromatic carbocycles. The molecule has 1 aliphatic rings. The van der Waals surface area contributed by atoms with Gasteiger partial charge in [-0.05, 0) is 32.4 Å². The predicted octanol–water partition coefficient (Wildman–Crippen LogP) is 0.560. The Hall–Kier alpha value is -0.870. The van der Waals surface area contributed by atoms with E-state index in [1.165, 1.54) is 0 Å². The number of aliphatic hydroxyl groups is 1. The van der Waals surface area contributed by atoms with Crippen molar-refractivity contribution in [1.29, 1.82) is 0 Å². The van der Waals surface area contributed by atoms with Gasteiger partial charge in [-0.1, -0.05) is 0 Å². The van der Waals surface area contributed by atoms with Gasteiger partial charge in [-0.3, -0.25) is 4.68 Å². The third-order valence-electron chi connectivity index (χ3n) is 3.06. The van der Waals surface area contributed by atoms with Crippen LogP contribution in [-0.2, 0) is 13.0 Å². The second kappa shape index (κ2) is 4.33. The summed E-state index contributed by atoms with van der Waals surface area (Å²) < 4.78 is 1.95. The van der Waals surface area contributed by atoms with Crippen molar-refractivity contribution < 1.29 is 5.11 Å². The van der Waals surface area contributed by atoms with Crippen molar-refractivity contribution in [3.63, 3.8) is 0 Å². The molecule has 0 saturated carbocycles. The molecule has 0 bridgehead atoms. The summed E-state index contributed by atoms with van der Waals surface area (Å²) in [5, 5.41) is 17.8. The van der Waals surface area contributed by atoms with Gasteiger partial charge in [0.2, 0.25) is 0 Å². The number of aromatic nitrogens is 2. The van der Waals surface area contributed by atoms with Gasteiger partial charge >= 0.3 is 0 Å². The molecule has 2 rings (SSSR count). The van der Waals surface area contributed by atoms with Crippen LogP contribution >= 0.6 is 0 Å². The van der Waals surface area contributed by atoms with Crippen LogP contribution in [0.1, 0.15) is 25.5 Å². The summed E-state index contributed by atoms with van der Waals surface area (Å²) >= 11 is 0. The van der Waals surface area contributed by atoms with Crippen LogP contribution < -0.4 is 5.32 Å². The molecule has 1 aromatic heterocycles. The highest BCUT2D eigenvalue weighted by molar-refractivity contribution is 5.06. The van der Waals surface area contributed by atoms with Crippen LogP contribution in [0.3, 0.4) is 0 Å². The van der Waals surface area contributed by atoms with E-state index in [4.69, 9.17) is 0 Å². The summed E-state index contributed by atoms with van der Waals surface area (Å²) in [6, 6.07) is 2.00. The fraction of sp³-hybridized carbons (Fsp3) is 0.727. The van der Waals surface area contributed by atoms with Crippen LogP contribution in [0.2, 0.25) is 0 Å². The highest BCUT2D eigenvalue weighted by atomic mass is 16.3. The van der Waals surface area contributed by atoms with Crippen molar-refractivity contribution in [3.05, 3.63) is 18.0 Å². The van der Waals surface area contributed by atoms with Crippen molar-refractivity contribution in [2.45, 2.75) is 38.3 Å². The number of piperidine rings is 1. The Morgan fingerprint density at radius 2 is 2.53 bits per heavy atom.